The van der Waals surface area contributed by atoms with Crippen LogP contribution >= 0.6 is 23.4 Å². The molecule has 0 spiro atoms. The molecule has 0 saturated carbocycles. The molecule has 0 saturated heterocycles. The first-order valence-electron chi connectivity index (χ1n) is 8.41. The molecule has 2 nitrogen and oxygen atoms in total. The molecular formula is C20H22ClNOS. The molecule has 1 aliphatic carbocycles. The molecule has 1 N–H and O–H groups in total. The molecule has 4 heteroatoms. The quantitative estimate of drug-likeness (QED) is 0.719. The maximum Gasteiger partial charge on any atom is 0.221 e. The number of halogens is 1. The molecule has 1 aliphatic rings. The highest BCUT2D eigenvalue weighted by Crippen LogP contribution is 2.25. The maximum atomic E-state index is 12.2. The smallest absolute Gasteiger partial charge is 0.221 e. The predicted octanol–water partition coefficient (Wildman–Crippen LogP) is 5.19. The van der Waals surface area contributed by atoms with E-state index in [1.165, 1.54) is 36.0 Å². The number of fused-ring (bicyclic) bond motifs is 1. The van der Waals surface area contributed by atoms with Crippen molar-refractivity contribution in [3.63, 3.8) is 0 Å². The van der Waals surface area contributed by atoms with Gasteiger partial charge < -0.3 is 5.32 Å². The van der Waals surface area contributed by atoms with Gasteiger partial charge in [0.2, 0.25) is 5.91 Å². The zero-order valence-corrected chi connectivity index (χ0v) is 15.4. The van der Waals surface area contributed by atoms with Gasteiger partial charge in [0.1, 0.15) is 0 Å². The molecular weight excluding hydrogens is 338 g/mol. The Kier molecular flexibility index (Phi) is 5.85. The van der Waals surface area contributed by atoms with E-state index < -0.39 is 0 Å². The Morgan fingerprint density at radius 1 is 1.17 bits per heavy atom. The molecule has 1 amide bonds. The van der Waals surface area contributed by atoms with Gasteiger partial charge in [0, 0.05) is 22.1 Å². The Morgan fingerprint density at radius 2 is 1.92 bits per heavy atom. The average Bonchev–Trinajstić information content (AvgIpc) is 3.04. The van der Waals surface area contributed by atoms with Crippen molar-refractivity contribution in [3.8, 4) is 0 Å². The van der Waals surface area contributed by atoms with Gasteiger partial charge in [0.15, 0.2) is 0 Å². The number of hydrogen-bond donors (Lipinski definition) is 1. The average molecular weight is 360 g/mol. The van der Waals surface area contributed by atoms with E-state index in [9.17, 15) is 4.79 Å². The summed E-state index contributed by atoms with van der Waals surface area (Å²) < 4.78 is 0. The van der Waals surface area contributed by atoms with Gasteiger partial charge >= 0.3 is 0 Å². The lowest BCUT2D eigenvalue weighted by atomic mass is 10.0. The number of nitrogens with one attached hydrogen (secondary N) is 1. The number of hydrogen-bond acceptors (Lipinski definition) is 2. The number of thioether (sulfide) groups is 1. The second-order valence-electron chi connectivity index (χ2n) is 6.22. The fourth-order valence-electron chi connectivity index (χ4n) is 3.05. The SMILES string of the molecule is CC(NC(=O)CCSc1ccc(Cl)cc1)c1ccc2c(c1)CCC2. The van der Waals surface area contributed by atoms with Crippen LogP contribution in [0.4, 0.5) is 0 Å². The number of rotatable bonds is 6. The van der Waals surface area contributed by atoms with Crippen molar-refractivity contribution in [1.82, 2.24) is 5.32 Å². The summed E-state index contributed by atoms with van der Waals surface area (Å²) >= 11 is 7.55. The zero-order chi connectivity index (χ0) is 16.9. The lowest BCUT2D eigenvalue weighted by Crippen LogP contribution is -2.26. The summed E-state index contributed by atoms with van der Waals surface area (Å²) in [4.78, 5) is 13.3. The number of amides is 1. The number of benzene rings is 2. The van der Waals surface area contributed by atoms with Crippen molar-refractivity contribution in [3.05, 3.63) is 64.2 Å². The molecule has 0 heterocycles. The van der Waals surface area contributed by atoms with Crippen LogP contribution in [0.15, 0.2) is 47.4 Å². The lowest BCUT2D eigenvalue weighted by molar-refractivity contribution is -0.121. The van der Waals surface area contributed by atoms with E-state index in [2.05, 4.69) is 30.4 Å². The van der Waals surface area contributed by atoms with Crippen LogP contribution in [0.2, 0.25) is 5.02 Å². The third-order valence-corrected chi connectivity index (χ3v) is 5.68. The van der Waals surface area contributed by atoms with Gasteiger partial charge in [0.05, 0.1) is 6.04 Å². The molecule has 0 radical (unpaired) electrons. The van der Waals surface area contributed by atoms with Crippen molar-refractivity contribution in [2.24, 2.45) is 0 Å². The Balaban J connectivity index is 1.46. The zero-order valence-electron chi connectivity index (χ0n) is 13.8. The first-order valence-corrected chi connectivity index (χ1v) is 9.77. The van der Waals surface area contributed by atoms with Crippen LogP contribution in [0, 0.1) is 0 Å². The van der Waals surface area contributed by atoms with Crippen LogP contribution in [0.3, 0.4) is 0 Å². The fourth-order valence-corrected chi connectivity index (χ4v) is 4.03. The van der Waals surface area contributed by atoms with Gasteiger partial charge in [-0.1, -0.05) is 29.8 Å². The van der Waals surface area contributed by atoms with Crippen LogP contribution in [0.1, 0.15) is 42.5 Å². The Hall–Kier alpha value is -1.45. The molecule has 1 atom stereocenters. The summed E-state index contributed by atoms with van der Waals surface area (Å²) in [5.74, 6) is 0.870. The number of aryl methyl sites for hydroxylation is 2. The normalized spacial score (nSPS) is 14.2. The molecule has 126 valence electrons. The minimum atomic E-state index is 0.0592. The summed E-state index contributed by atoms with van der Waals surface area (Å²) in [5.41, 5.74) is 4.12. The van der Waals surface area contributed by atoms with Crippen LogP contribution < -0.4 is 5.32 Å². The van der Waals surface area contributed by atoms with Gasteiger partial charge in [-0.05, 0) is 67.1 Å². The molecule has 3 rings (SSSR count). The van der Waals surface area contributed by atoms with Gasteiger partial charge in [-0.15, -0.1) is 11.8 Å². The summed E-state index contributed by atoms with van der Waals surface area (Å²) in [7, 11) is 0. The van der Waals surface area contributed by atoms with Gasteiger partial charge in [-0.25, -0.2) is 0 Å². The second-order valence-corrected chi connectivity index (χ2v) is 7.83. The van der Waals surface area contributed by atoms with Crippen LogP contribution in [0.25, 0.3) is 0 Å². The Morgan fingerprint density at radius 3 is 2.71 bits per heavy atom. The number of carbonyl (C=O) groups is 1. The van der Waals surface area contributed by atoms with E-state index in [1.807, 2.05) is 24.3 Å². The van der Waals surface area contributed by atoms with Crippen molar-refractivity contribution in [2.45, 2.75) is 43.5 Å². The molecule has 2 aromatic carbocycles. The van der Waals surface area contributed by atoms with E-state index >= 15 is 0 Å². The largest absolute Gasteiger partial charge is 0.350 e. The fraction of sp³-hybridized carbons (Fsp3) is 0.350. The van der Waals surface area contributed by atoms with Gasteiger partial charge in [0.25, 0.3) is 0 Å². The number of carbonyl (C=O) groups excluding carboxylic acids is 1. The standard InChI is InChI=1S/C20H22ClNOS/c1-14(16-6-5-15-3-2-4-17(15)13-16)22-20(23)11-12-24-19-9-7-18(21)8-10-19/h5-10,13-14H,2-4,11-12H2,1H3,(H,22,23). The third kappa shape index (κ3) is 4.55. The molecule has 0 aliphatic heterocycles. The van der Waals surface area contributed by atoms with Crippen molar-refractivity contribution >= 4 is 29.3 Å². The molecule has 2 aromatic rings. The second kappa shape index (κ2) is 8.09. The molecule has 0 aromatic heterocycles. The first kappa shape index (κ1) is 17.4. The summed E-state index contributed by atoms with van der Waals surface area (Å²) in [5, 5.41) is 3.85. The lowest BCUT2D eigenvalue weighted by Gasteiger charge is -2.15. The topological polar surface area (TPSA) is 29.1 Å². The first-order chi connectivity index (χ1) is 11.6. The van der Waals surface area contributed by atoms with E-state index in [1.54, 1.807) is 11.8 Å². The van der Waals surface area contributed by atoms with Crippen molar-refractivity contribution in [1.29, 1.82) is 0 Å². The molecule has 0 bridgehead atoms. The van der Waals surface area contributed by atoms with Crippen molar-refractivity contribution in [2.75, 3.05) is 5.75 Å². The highest BCUT2D eigenvalue weighted by atomic mass is 35.5. The Bertz CT molecular complexity index is 714. The monoisotopic (exact) mass is 359 g/mol. The summed E-state index contributed by atoms with van der Waals surface area (Å²) in [6.45, 7) is 2.06. The molecule has 0 fully saturated rings. The highest BCUT2D eigenvalue weighted by Gasteiger charge is 2.14. The Labute approximate surface area is 153 Å². The minimum Gasteiger partial charge on any atom is -0.350 e. The van der Waals surface area contributed by atoms with E-state index in [0.29, 0.717) is 6.42 Å². The van der Waals surface area contributed by atoms with Crippen molar-refractivity contribution < 1.29 is 4.79 Å². The maximum absolute atomic E-state index is 12.2. The van der Waals surface area contributed by atoms with E-state index in [4.69, 9.17) is 11.6 Å². The van der Waals surface area contributed by atoms with Crippen LogP contribution in [0.5, 0.6) is 0 Å². The molecule has 24 heavy (non-hydrogen) atoms. The summed E-state index contributed by atoms with van der Waals surface area (Å²) in [6.07, 6.45) is 4.13. The van der Waals surface area contributed by atoms with Gasteiger partial charge in [-0.3, -0.25) is 4.79 Å². The summed E-state index contributed by atoms with van der Waals surface area (Å²) in [6, 6.07) is 14.4. The van der Waals surface area contributed by atoms with E-state index in [-0.39, 0.29) is 11.9 Å². The highest BCUT2D eigenvalue weighted by molar-refractivity contribution is 7.99. The van der Waals surface area contributed by atoms with E-state index in [0.717, 1.165) is 15.7 Å². The third-order valence-electron chi connectivity index (χ3n) is 4.41. The molecule has 1 unspecified atom stereocenters. The predicted molar refractivity (Wildman–Crippen MR) is 102 cm³/mol. The van der Waals surface area contributed by atoms with Crippen LogP contribution in [-0.2, 0) is 17.6 Å². The van der Waals surface area contributed by atoms with Crippen LogP contribution in [-0.4, -0.2) is 11.7 Å². The van der Waals surface area contributed by atoms with Gasteiger partial charge in [-0.2, -0.15) is 0 Å². The minimum absolute atomic E-state index is 0.0592.